The molecule has 0 saturated heterocycles. The van der Waals surface area contributed by atoms with E-state index < -0.39 is 0 Å². The Morgan fingerprint density at radius 2 is 0.571 bits per heavy atom. The van der Waals surface area contributed by atoms with Crippen molar-refractivity contribution in [3.8, 4) is 0 Å². The Hall–Kier alpha value is 2.31. The Bertz CT molecular complexity index is 11.7. The van der Waals surface area contributed by atoms with Crippen LogP contribution in [-0.4, -0.2) is 21.9 Å². The van der Waals surface area contributed by atoms with Crippen LogP contribution in [-0.2, 0) is 73.8 Å². The number of rotatable bonds is 0. The van der Waals surface area contributed by atoms with E-state index in [1.807, 2.05) is 0 Å². The molecule has 8 N–H and O–H groups in total. The Labute approximate surface area is 94.5 Å². The summed E-state index contributed by atoms with van der Waals surface area (Å²) in [6, 6.07) is 0. The molecule has 0 aromatic carbocycles. The van der Waals surface area contributed by atoms with Crippen molar-refractivity contribution in [3.05, 3.63) is 0 Å². The van der Waals surface area contributed by atoms with Crippen molar-refractivity contribution in [3.63, 3.8) is 0 Å². The quantitative estimate of drug-likeness (QED) is 0.385. The molecule has 0 heterocycles. The Kier molecular flexibility index (Phi) is 1440. The Balaban J connectivity index is 0. The zero-order chi connectivity index (χ0) is 0. The molecule has 0 unspecified atom stereocenters. The van der Waals surface area contributed by atoms with E-state index in [9.17, 15) is 0 Å². The summed E-state index contributed by atoms with van der Waals surface area (Å²) in [5.41, 5.74) is 0. The van der Waals surface area contributed by atoms with Gasteiger partial charge in [0.15, 0.2) is 0 Å². The molecule has 0 aliphatic heterocycles. The molecule has 0 aromatic heterocycles. The molecular formula is H8HfO4TiZr. The van der Waals surface area contributed by atoms with Crippen LogP contribution < -0.4 is 0 Å². The second kappa shape index (κ2) is 83.3. The van der Waals surface area contributed by atoms with E-state index in [1.54, 1.807) is 0 Å². The summed E-state index contributed by atoms with van der Waals surface area (Å²) < 4.78 is 0. The van der Waals surface area contributed by atoms with Gasteiger partial charge in [-0.2, -0.15) is 0 Å². The molecule has 7 heteroatoms. The maximum atomic E-state index is 0. The van der Waals surface area contributed by atoms with Crippen LogP contribution in [0.3, 0.4) is 0 Å². The third kappa shape index (κ3) is 62.1. The molecule has 0 atom stereocenters. The van der Waals surface area contributed by atoms with Crippen LogP contribution >= 0.6 is 0 Å². The van der Waals surface area contributed by atoms with Crippen molar-refractivity contribution in [2.24, 2.45) is 0 Å². The van der Waals surface area contributed by atoms with Crippen molar-refractivity contribution in [1.82, 2.24) is 0 Å². The maximum absolute atomic E-state index is 0. The van der Waals surface area contributed by atoms with E-state index in [0.717, 1.165) is 0 Å². The predicted molar refractivity (Wildman–Crippen MR) is 14.5 cm³/mol. The van der Waals surface area contributed by atoms with Crippen molar-refractivity contribution < 1.29 is 95.7 Å². The molecule has 7 heavy (non-hydrogen) atoms. The molecule has 44 valence electrons. The third-order valence-electron chi connectivity index (χ3n) is 0. The summed E-state index contributed by atoms with van der Waals surface area (Å²) in [7, 11) is 0. The molecule has 0 aromatic rings. The molecule has 0 fully saturated rings. The van der Waals surface area contributed by atoms with Crippen molar-refractivity contribution in [2.75, 3.05) is 0 Å². The van der Waals surface area contributed by atoms with Crippen molar-refractivity contribution >= 4 is 0 Å². The van der Waals surface area contributed by atoms with Gasteiger partial charge < -0.3 is 21.9 Å². The fraction of sp³-hybridized carbons (Fsp3) is 0. The summed E-state index contributed by atoms with van der Waals surface area (Å²) in [4.78, 5) is 0. The molecule has 0 spiro atoms. The van der Waals surface area contributed by atoms with Gasteiger partial charge in [0.1, 0.15) is 0 Å². The molecule has 0 radical (unpaired) electrons. The zero-order valence-corrected chi connectivity index (χ0v) is 11.1. The van der Waals surface area contributed by atoms with E-state index in [4.69, 9.17) is 0 Å². The fourth-order valence-electron chi connectivity index (χ4n) is 0. The first-order valence-electron chi connectivity index (χ1n) is 0. The minimum atomic E-state index is 0. The van der Waals surface area contributed by atoms with Gasteiger partial charge in [-0.25, -0.2) is 0 Å². The zero-order valence-electron chi connectivity index (χ0n) is 3.50. The van der Waals surface area contributed by atoms with Gasteiger partial charge in [-0.1, -0.05) is 0 Å². The van der Waals surface area contributed by atoms with Gasteiger partial charge >= 0.3 is 0 Å². The molecule has 0 aliphatic carbocycles. The molecule has 0 amide bonds. The third-order valence-corrected chi connectivity index (χ3v) is 0. The topological polar surface area (TPSA) is 126 Å². The average molecular weight is 390 g/mol. The predicted octanol–water partition coefficient (Wildman–Crippen LogP) is -3.31. The van der Waals surface area contributed by atoms with Gasteiger partial charge in [-0.05, 0) is 0 Å². The largest absolute Gasteiger partial charge is 0.412 e. The summed E-state index contributed by atoms with van der Waals surface area (Å²) in [5, 5.41) is 0. The normalized spacial score (nSPS) is 0. The first kappa shape index (κ1) is 121. The van der Waals surface area contributed by atoms with Crippen LogP contribution in [0.15, 0.2) is 0 Å². The summed E-state index contributed by atoms with van der Waals surface area (Å²) in [6.07, 6.45) is 0. The first-order valence-corrected chi connectivity index (χ1v) is 0. The van der Waals surface area contributed by atoms with Gasteiger partial charge in [0, 0.05) is 73.8 Å². The summed E-state index contributed by atoms with van der Waals surface area (Å²) in [5.74, 6) is 0. The molecular weight excluding hydrogens is 382 g/mol. The van der Waals surface area contributed by atoms with Gasteiger partial charge in [-0.3, -0.25) is 0 Å². The van der Waals surface area contributed by atoms with Gasteiger partial charge in [0.05, 0.1) is 0 Å². The number of hydrogen-bond donors (Lipinski definition) is 0. The molecule has 4 nitrogen and oxygen atoms in total. The number of hydrogen-bond acceptors (Lipinski definition) is 0. The van der Waals surface area contributed by atoms with E-state index in [1.165, 1.54) is 0 Å². The maximum Gasteiger partial charge on any atom is 0 e. The van der Waals surface area contributed by atoms with Gasteiger partial charge in [0.25, 0.3) is 0 Å². The Morgan fingerprint density at radius 1 is 0.571 bits per heavy atom. The van der Waals surface area contributed by atoms with Crippen LogP contribution in [0.2, 0.25) is 0 Å². The smallest absolute Gasteiger partial charge is 0 e. The van der Waals surface area contributed by atoms with Crippen LogP contribution in [0.1, 0.15) is 0 Å². The average Bonchev–Trinajstić information content (AvgIpc) is 0. The first-order chi connectivity index (χ1) is 0. The standard InChI is InChI=1S/Hf.4H2O.Ti.Zr/h;4*1H2;;. The summed E-state index contributed by atoms with van der Waals surface area (Å²) >= 11 is 0. The van der Waals surface area contributed by atoms with Crippen LogP contribution in [0.25, 0.3) is 0 Å². The molecule has 0 aliphatic rings. The molecule has 0 bridgehead atoms. The van der Waals surface area contributed by atoms with E-state index >= 15 is 0 Å². The summed E-state index contributed by atoms with van der Waals surface area (Å²) in [6.45, 7) is 0. The molecule has 0 saturated carbocycles. The minimum Gasteiger partial charge on any atom is -0.412 e. The minimum absolute atomic E-state index is 0. The van der Waals surface area contributed by atoms with E-state index in [0.29, 0.717) is 0 Å². The van der Waals surface area contributed by atoms with E-state index in [2.05, 4.69) is 0 Å². The fourth-order valence-corrected chi connectivity index (χ4v) is 0. The van der Waals surface area contributed by atoms with Crippen LogP contribution in [0.4, 0.5) is 0 Å². The van der Waals surface area contributed by atoms with Crippen molar-refractivity contribution in [2.45, 2.75) is 0 Å². The van der Waals surface area contributed by atoms with Gasteiger partial charge in [-0.15, -0.1) is 0 Å². The van der Waals surface area contributed by atoms with Crippen molar-refractivity contribution in [1.29, 1.82) is 0 Å². The second-order valence-corrected chi connectivity index (χ2v) is 0. The van der Waals surface area contributed by atoms with Gasteiger partial charge in [0.2, 0.25) is 0 Å². The SMILES string of the molecule is O.O.O.O.[Hf].[Ti].[Zr]. The molecule has 0 rings (SSSR count). The van der Waals surface area contributed by atoms with Crippen LogP contribution in [0, 0.1) is 0 Å². The Morgan fingerprint density at radius 3 is 0.571 bits per heavy atom. The van der Waals surface area contributed by atoms with Crippen LogP contribution in [0.5, 0.6) is 0 Å². The second-order valence-electron chi connectivity index (χ2n) is 0. The van der Waals surface area contributed by atoms with E-state index in [-0.39, 0.29) is 95.7 Å². The monoisotopic (exact) mass is 390 g/mol.